The van der Waals surface area contributed by atoms with Crippen molar-refractivity contribution in [2.75, 3.05) is 18.4 Å². The van der Waals surface area contributed by atoms with Crippen LogP contribution in [0.5, 0.6) is 0 Å². The van der Waals surface area contributed by atoms with Crippen LogP contribution in [0.15, 0.2) is 47.6 Å². The molecule has 7 nitrogen and oxygen atoms in total. The van der Waals surface area contributed by atoms with Crippen molar-refractivity contribution in [2.24, 2.45) is 11.8 Å². The van der Waals surface area contributed by atoms with Crippen LogP contribution in [0.25, 0.3) is 10.9 Å². The van der Waals surface area contributed by atoms with E-state index in [1.54, 1.807) is 12.1 Å². The number of rotatable bonds is 6. The summed E-state index contributed by atoms with van der Waals surface area (Å²) in [6.07, 6.45) is 8.84. The number of H-pyrrole nitrogens is 1. The van der Waals surface area contributed by atoms with Crippen LogP contribution in [0, 0.1) is 11.8 Å². The molecule has 1 unspecified atom stereocenters. The third kappa shape index (κ3) is 4.33. The van der Waals surface area contributed by atoms with E-state index in [-0.39, 0.29) is 10.3 Å². The number of fused-ring (bicyclic) bond motifs is 2. The van der Waals surface area contributed by atoms with E-state index in [9.17, 15) is 8.42 Å². The Hall–Kier alpha value is -2.45. The van der Waals surface area contributed by atoms with Gasteiger partial charge in [-0.05, 0) is 78.8 Å². The molecule has 0 spiro atoms. The Morgan fingerprint density at radius 1 is 0.971 bits per heavy atom. The summed E-state index contributed by atoms with van der Waals surface area (Å²) in [6, 6.07) is 12.6. The number of sulfone groups is 1. The van der Waals surface area contributed by atoms with Gasteiger partial charge >= 0.3 is 0 Å². The van der Waals surface area contributed by atoms with Gasteiger partial charge in [0.1, 0.15) is 5.82 Å². The normalized spacial score (nSPS) is 26.2. The highest BCUT2D eigenvalue weighted by molar-refractivity contribution is 7.92. The number of aromatic amines is 1. The fourth-order valence-corrected chi connectivity index (χ4v) is 8.12. The lowest BCUT2D eigenvalue weighted by Gasteiger charge is -2.21. The molecule has 3 heterocycles. The van der Waals surface area contributed by atoms with E-state index in [2.05, 4.69) is 49.7 Å². The summed E-state index contributed by atoms with van der Waals surface area (Å²) in [7, 11) is -3.37. The van der Waals surface area contributed by atoms with Crippen molar-refractivity contribution in [2.45, 2.75) is 67.8 Å². The maximum Gasteiger partial charge on any atom is 0.200 e. The fraction of sp³-hybridized carbons (Fsp3) is 0.538. The second kappa shape index (κ2) is 8.96. The number of hydrogen-bond donors (Lipinski definition) is 2. The van der Waals surface area contributed by atoms with Gasteiger partial charge in [0, 0.05) is 37.4 Å². The van der Waals surface area contributed by atoms with Gasteiger partial charge in [-0.1, -0.05) is 25.3 Å². The zero-order valence-electron chi connectivity index (χ0n) is 19.5. The molecule has 8 heteroatoms. The molecule has 6 rings (SSSR count). The number of nitrogens with zero attached hydrogens (tertiary/aromatic N) is 3. The van der Waals surface area contributed by atoms with Crippen molar-refractivity contribution < 1.29 is 8.42 Å². The molecule has 0 bridgehead atoms. The van der Waals surface area contributed by atoms with Crippen LogP contribution in [0.4, 0.5) is 5.82 Å². The molecule has 3 atom stereocenters. The summed E-state index contributed by atoms with van der Waals surface area (Å²) in [4.78, 5) is 5.85. The maximum absolute atomic E-state index is 12.9. The Balaban J connectivity index is 1.03. The molecule has 34 heavy (non-hydrogen) atoms. The number of nitrogens with one attached hydrogen (secondary N) is 2. The summed E-state index contributed by atoms with van der Waals surface area (Å²) in [6.45, 7) is 3.28. The Labute approximate surface area is 201 Å². The molecule has 2 N–H and O–H groups in total. The van der Waals surface area contributed by atoms with Crippen LogP contribution in [0.3, 0.4) is 0 Å². The second-order valence-electron chi connectivity index (χ2n) is 10.5. The molecule has 1 aromatic carbocycles. The van der Waals surface area contributed by atoms with E-state index in [1.165, 1.54) is 16.5 Å². The van der Waals surface area contributed by atoms with Crippen LogP contribution in [-0.2, 0) is 16.4 Å². The Morgan fingerprint density at radius 3 is 2.50 bits per heavy atom. The predicted octanol–water partition coefficient (Wildman–Crippen LogP) is 4.39. The van der Waals surface area contributed by atoms with Gasteiger partial charge < -0.3 is 10.3 Å². The standard InChI is InChI=1S/C26H33N5O2S/c32-34(33,23-4-2-1-3-5-23)26-9-8-25(29-30-26)28-22-13-20-16-31(17-21(20)14-22)15-18-6-7-24-19(12-18)10-11-27-24/h6-12,20-23,27H,1-5,13-17H2,(H,28,29)/t20-,21?,22+/m1/s1. The molecule has 3 aromatic rings. The van der Waals surface area contributed by atoms with Gasteiger partial charge in [0.2, 0.25) is 0 Å². The third-order valence-corrected chi connectivity index (χ3v) is 10.3. The van der Waals surface area contributed by atoms with Crippen molar-refractivity contribution in [1.29, 1.82) is 0 Å². The van der Waals surface area contributed by atoms with Crippen molar-refractivity contribution >= 4 is 26.6 Å². The molecule has 3 fully saturated rings. The SMILES string of the molecule is O=S(=O)(c1ccc(N[C@@H]2CC3CN(Cc4ccc5[nH]ccc5c4)C[C@H]3C2)nn1)C1CCCCC1. The minimum atomic E-state index is -3.37. The predicted molar refractivity (Wildman–Crippen MR) is 133 cm³/mol. The highest BCUT2D eigenvalue weighted by Crippen LogP contribution is 2.39. The van der Waals surface area contributed by atoms with Gasteiger partial charge in [0.15, 0.2) is 14.9 Å². The summed E-state index contributed by atoms with van der Waals surface area (Å²) in [5, 5.41) is 13.0. The first kappa shape index (κ1) is 22.0. The lowest BCUT2D eigenvalue weighted by molar-refractivity contribution is 0.301. The molecule has 0 radical (unpaired) electrons. The average molecular weight is 480 g/mol. The first-order chi connectivity index (χ1) is 16.5. The smallest absolute Gasteiger partial charge is 0.200 e. The van der Waals surface area contributed by atoms with Crippen molar-refractivity contribution in [3.05, 3.63) is 48.2 Å². The topological polar surface area (TPSA) is 91.0 Å². The van der Waals surface area contributed by atoms with Crippen LogP contribution in [0.2, 0.25) is 0 Å². The van der Waals surface area contributed by atoms with Crippen LogP contribution in [0.1, 0.15) is 50.5 Å². The van der Waals surface area contributed by atoms with Gasteiger partial charge in [0.05, 0.1) is 5.25 Å². The molecule has 2 aromatic heterocycles. The maximum atomic E-state index is 12.9. The average Bonchev–Trinajstić information content (AvgIpc) is 3.55. The third-order valence-electron chi connectivity index (χ3n) is 8.13. The monoisotopic (exact) mass is 479 g/mol. The second-order valence-corrected chi connectivity index (χ2v) is 12.7. The molecule has 0 amide bonds. The van der Waals surface area contributed by atoms with E-state index in [1.807, 2.05) is 6.20 Å². The summed E-state index contributed by atoms with van der Waals surface area (Å²) >= 11 is 0. The van der Waals surface area contributed by atoms with Crippen LogP contribution >= 0.6 is 0 Å². The van der Waals surface area contributed by atoms with Gasteiger partial charge in [-0.15, -0.1) is 10.2 Å². The zero-order chi connectivity index (χ0) is 23.1. The zero-order valence-corrected chi connectivity index (χ0v) is 20.3. The highest BCUT2D eigenvalue weighted by atomic mass is 32.2. The fourth-order valence-electron chi connectivity index (χ4n) is 6.41. The van der Waals surface area contributed by atoms with Gasteiger partial charge in [-0.3, -0.25) is 4.90 Å². The first-order valence-corrected chi connectivity index (χ1v) is 14.2. The molecule has 1 saturated heterocycles. The van der Waals surface area contributed by atoms with Crippen LogP contribution in [-0.4, -0.2) is 52.9 Å². The molecule has 2 aliphatic carbocycles. The van der Waals surface area contributed by atoms with Crippen molar-refractivity contribution in [3.8, 4) is 0 Å². The number of benzene rings is 1. The molecule has 1 aliphatic heterocycles. The quantitative estimate of drug-likeness (QED) is 0.545. The number of likely N-dealkylation sites (tertiary alicyclic amines) is 1. The number of hydrogen-bond acceptors (Lipinski definition) is 6. The minimum Gasteiger partial charge on any atom is -0.366 e. The van der Waals surface area contributed by atoms with E-state index in [0.29, 0.717) is 23.7 Å². The van der Waals surface area contributed by atoms with Crippen molar-refractivity contribution in [3.63, 3.8) is 0 Å². The van der Waals surface area contributed by atoms with E-state index < -0.39 is 9.84 Å². The van der Waals surface area contributed by atoms with Crippen molar-refractivity contribution in [1.82, 2.24) is 20.1 Å². The molecular formula is C26H33N5O2S. The highest BCUT2D eigenvalue weighted by Gasteiger charge is 2.41. The van der Waals surface area contributed by atoms with E-state index in [4.69, 9.17) is 0 Å². The summed E-state index contributed by atoms with van der Waals surface area (Å²) < 4.78 is 25.7. The Bertz CT molecular complexity index is 1240. The number of anilines is 1. The molecule has 180 valence electrons. The lowest BCUT2D eigenvalue weighted by atomic mass is 10.0. The lowest BCUT2D eigenvalue weighted by Crippen LogP contribution is -2.26. The molecule has 2 saturated carbocycles. The first-order valence-electron chi connectivity index (χ1n) is 12.7. The molecular weight excluding hydrogens is 446 g/mol. The van der Waals surface area contributed by atoms with E-state index in [0.717, 1.165) is 64.6 Å². The molecule has 3 aliphatic rings. The summed E-state index contributed by atoms with van der Waals surface area (Å²) in [5.74, 6) is 2.09. The van der Waals surface area contributed by atoms with Crippen LogP contribution < -0.4 is 5.32 Å². The summed E-state index contributed by atoms with van der Waals surface area (Å²) in [5.41, 5.74) is 2.57. The number of aromatic nitrogens is 3. The largest absolute Gasteiger partial charge is 0.366 e. The van der Waals surface area contributed by atoms with Gasteiger partial charge in [-0.25, -0.2) is 8.42 Å². The minimum absolute atomic E-state index is 0.127. The van der Waals surface area contributed by atoms with Gasteiger partial charge in [-0.2, -0.15) is 0 Å². The Morgan fingerprint density at radius 2 is 1.76 bits per heavy atom. The van der Waals surface area contributed by atoms with E-state index >= 15 is 0 Å². The van der Waals surface area contributed by atoms with Gasteiger partial charge in [0.25, 0.3) is 0 Å². The Kier molecular flexibility index (Phi) is 5.81.